The van der Waals surface area contributed by atoms with E-state index in [0.29, 0.717) is 16.5 Å². The molecule has 8 nitrogen and oxygen atoms in total. The van der Waals surface area contributed by atoms with Crippen LogP contribution in [0.25, 0.3) is 0 Å². The Hall–Kier alpha value is -3.73. The second kappa shape index (κ2) is 7.84. The van der Waals surface area contributed by atoms with Crippen molar-refractivity contribution in [3.8, 4) is 11.5 Å². The molecule has 0 spiro atoms. The van der Waals surface area contributed by atoms with Crippen molar-refractivity contribution >= 4 is 46.3 Å². The highest BCUT2D eigenvalue weighted by atomic mass is 35.5. The number of carbonyl (C=O) groups is 1. The van der Waals surface area contributed by atoms with Gasteiger partial charge in [0.2, 0.25) is 5.95 Å². The minimum absolute atomic E-state index is 0.00149. The van der Waals surface area contributed by atoms with Gasteiger partial charge in [0.25, 0.3) is 0 Å². The molecular formula is C19H13ClF3N5O3. The zero-order valence-corrected chi connectivity index (χ0v) is 16.4. The van der Waals surface area contributed by atoms with E-state index in [1.807, 2.05) is 5.32 Å². The highest BCUT2D eigenvalue weighted by Gasteiger charge is 2.46. The van der Waals surface area contributed by atoms with Gasteiger partial charge < -0.3 is 25.4 Å². The van der Waals surface area contributed by atoms with E-state index in [1.54, 1.807) is 18.2 Å². The van der Waals surface area contributed by atoms with Crippen molar-refractivity contribution in [1.82, 2.24) is 9.97 Å². The van der Waals surface area contributed by atoms with Crippen LogP contribution in [0.15, 0.2) is 42.6 Å². The first-order valence-electron chi connectivity index (χ1n) is 8.67. The minimum atomic E-state index is -3.97. The second-order valence-electron chi connectivity index (χ2n) is 6.27. The average molecular weight is 452 g/mol. The number of ether oxygens (including phenoxy) is 2. The molecule has 0 bridgehead atoms. The van der Waals surface area contributed by atoms with Crippen molar-refractivity contribution in [1.29, 1.82) is 0 Å². The molecule has 160 valence electrons. The van der Waals surface area contributed by atoms with Gasteiger partial charge in [-0.05, 0) is 36.4 Å². The molecule has 31 heavy (non-hydrogen) atoms. The molecule has 2 heterocycles. The molecule has 1 amide bonds. The molecule has 0 unspecified atom stereocenters. The summed E-state index contributed by atoms with van der Waals surface area (Å²) >= 11 is 6.08. The molecule has 3 N–H and O–H groups in total. The molecule has 0 saturated carbocycles. The number of hydrogen-bond acceptors (Lipinski definition) is 7. The molecule has 12 heteroatoms. The zero-order chi connectivity index (χ0) is 22.2. The Morgan fingerprint density at radius 3 is 2.65 bits per heavy atom. The Morgan fingerprint density at radius 2 is 1.90 bits per heavy atom. The fraction of sp³-hybridized carbons (Fsp3) is 0.105. The molecular weight excluding hydrogens is 439 g/mol. The van der Waals surface area contributed by atoms with Gasteiger partial charge in [-0.1, -0.05) is 11.6 Å². The van der Waals surface area contributed by atoms with E-state index in [0.717, 1.165) is 6.20 Å². The van der Waals surface area contributed by atoms with Crippen LogP contribution in [0.5, 0.6) is 11.5 Å². The van der Waals surface area contributed by atoms with Crippen LogP contribution in [-0.2, 0) is 4.79 Å². The summed E-state index contributed by atoms with van der Waals surface area (Å²) in [5.74, 6) is -2.23. The standard InChI is InChI=1S/C19H13ClF3N5O3/c1-30-14-4-2-9(6-11(14)20)26-18-24-8-12(21)16(28-18)25-10-3-5-15-13(7-10)27-17(29)19(22,23)31-15/h2-8H,1H3,(H,27,29)(H2,24,25,26,28). The number of benzene rings is 2. The lowest BCUT2D eigenvalue weighted by atomic mass is 10.2. The second-order valence-corrected chi connectivity index (χ2v) is 6.68. The van der Waals surface area contributed by atoms with Crippen LogP contribution in [-0.4, -0.2) is 29.1 Å². The normalized spacial score (nSPS) is 14.2. The first-order valence-corrected chi connectivity index (χ1v) is 9.05. The molecule has 0 radical (unpaired) electrons. The number of aromatic nitrogens is 2. The fourth-order valence-electron chi connectivity index (χ4n) is 2.70. The van der Waals surface area contributed by atoms with Gasteiger partial charge in [0.15, 0.2) is 17.4 Å². The van der Waals surface area contributed by atoms with Crippen molar-refractivity contribution in [3.63, 3.8) is 0 Å². The Kier molecular flexibility index (Phi) is 5.19. The molecule has 1 aliphatic rings. The van der Waals surface area contributed by atoms with E-state index >= 15 is 0 Å². The molecule has 0 fully saturated rings. The van der Waals surface area contributed by atoms with Gasteiger partial charge in [0.05, 0.1) is 24.0 Å². The van der Waals surface area contributed by atoms with Crippen molar-refractivity contribution in [2.75, 3.05) is 23.1 Å². The summed E-state index contributed by atoms with van der Waals surface area (Å²) in [6.07, 6.45) is -3.02. The van der Waals surface area contributed by atoms with Crippen molar-refractivity contribution in [3.05, 3.63) is 53.4 Å². The summed E-state index contributed by atoms with van der Waals surface area (Å²) < 4.78 is 50.3. The van der Waals surface area contributed by atoms with Crippen LogP contribution in [0.4, 0.5) is 42.0 Å². The van der Waals surface area contributed by atoms with E-state index in [2.05, 4.69) is 25.3 Å². The Morgan fingerprint density at radius 1 is 1.16 bits per heavy atom. The van der Waals surface area contributed by atoms with Crippen molar-refractivity contribution < 1.29 is 27.4 Å². The van der Waals surface area contributed by atoms with Gasteiger partial charge in [-0.3, -0.25) is 4.79 Å². The van der Waals surface area contributed by atoms with Gasteiger partial charge in [0.1, 0.15) is 5.75 Å². The summed E-state index contributed by atoms with van der Waals surface area (Å²) in [5.41, 5.74) is 0.809. The Bertz CT molecular complexity index is 1180. The molecule has 0 saturated heterocycles. The predicted molar refractivity (Wildman–Crippen MR) is 107 cm³/mol. The van der Waals surface area contributed by atoms with Gasteiger partial charge in [0, 0.05) is 11.4 Å². The number of methoxy groups -OCH3 is 1. The maximum atomic E-state index is 14.2. The van der Waals surface area contributed by atoms with Crippen LogP contribution in [0.2, 0.25) is 5.02 Å². The maximum absolute atomic E-state index is 14.2. The largest absolute Gasteiger partial charge is 0.495 e. The molecule has 1 aliphatic heterocycles. The van der Waals surface area contributed by atoms with Gasteiger partial charge in [-0.15, -0.1) is 0 Å². The smallest absolute Gasteiger partial charge is 0.482 e. The first-order chi connectivity index (χ1) is 14.7. The third kappa shape index (κ3) is 4.26. The number of nitrogens with one attached hydrogen (secondary N) is 3. The van der Waals surface area contributed by atoms with Crippen LogP contribution < -0.4 is 25.4 Å². The highest BCUT2D eigenvalue weighted by molar-refractivity contribution is 6.32. The van der Waals surface area contributed by atoms with E-state index < -0.39 is 17.8 Å². The maximum Gasteiger partial charge on any atom is 0.482 e. The monoisotopic (exact) mass is 451 g/mol. The summed E-state index contributed by atoms with van der Waals surface area (Å²) in [5, 5.41) is 7.98. The lowest BCUT2D eigenvalue weighted by molar-refractivity contribution is -0.189. The van der Waals surface area contributed by atoms with E-state index in [9.17, 15) is 18.0 Å². The van der Waals surface area contributed by atoms with E-state index in [1.165, 1.54) is 25.3 Å². The van der Waals surface area contributed by atoms with Gasteiger partial charge >= 0.3 is 12.0 Å². The van der Waals surface area contributed by atoms with Gasteiger partial charge in [-0.2, -0.15) is 13.8 Å². The number of hydrogen-bond donors (Lipinski definition) is 3. The van der Waals surface area contributed by atoms with Crippen LogP contribution >= 0.6 is 11.6 Å². The average Bonchev–Trinajstić information content (AvgIpc) is 2.71. The van der Waals surface area contributed by atoms with Crippen molar-refractivity contribution in [2.24, 2.45) is 0 Å². The summed E-state index contributed by atoms with van der Waals surface area (Å²) in [7, 11) is 1.49. The first kappa shape index (κ1) is 20.5. The summed E-state index contributed by atoms with van der Waals surface area (Å²) in [4.78, 5) is 19.3. The van der Waals surface area contributed by atoms with Gasteiger partial charge in [-0.25, -0.2) is 9.37 Å². The molecule has 1 aromatic heterocycles. The van der Waals surface area contributed by atoms with Crippen LogP contribution in [0.3, 0.4) is 0 Å². The number of alkyl halides is 2. The quantitative estimate of drug-likeness (QED) is 0.517. The number of carbonyl (C=O) groups excluding carboxylic acids is 1. The number of nitrogens with zero attached hydrogens (tertiary/aromatic N) is 2. The predicted octanol–water partition coefficient (Wildman–Crippen LogP) is 4.69. The topological polar surface area (TPSA) is 97.4 Å². The molecule has 2 aromatic carbocycles. The third-order valence-electron chi connectivity index (χ3n) is 4.15. The minimum Gasteiger partial charge on any atom is -0.495 e. The van der Waals surface area contributed by atoms with Crippen LogP contribution in [0.1, 0.15) is 0 Å². The molecule has 4 rings (SSSR count). The van der Waals surface area contributed by atoms with E-state index in [-0.39, 0.29) is 28.9 Å². The zero-order valence-electron chi connectivity index (χ0n) is 15.7. The van der Waals surface area contributed by atoms with Crippen LogP contribution in [0, 0.1) is 5.82 Å². The molecule has 3 aromatic rings. The molecule has 0 atom stereocenters. The lowest BCUT2D eigenvalue weighted by Crippen LogP contribution is -2.43. The number of amides is 1. The Labute approximate surface area is 178 Å². The number of anilines is 5. The fourth-order valence-corrected chi connectivity index (χ4v) is 2.96. The summed E-state index contributed by atoms with van der Waals surface area (Å²) in [6.45, 7) is 0. The number of fused-ring (bicyclic) bond motifs is 1. The van der Waals surface area contributed by atoms with Crippen molar-refractivity contribution in [2.45, 2.75) is 6.11 Å². The highest BCUT2D eigenvalue weighted by Crippen LogP contribution is 2.37. The Balaban J connectivity index is 1.55. The summed E-state index contributed by atoms with van der Waals surface area (Å²) in [6, 6.07) is 8.78. The molecule has 0 aliphatic carbocycles. The van der Waals surface area contributed by atoms with E-state index in [4.69, 9.17) is 16.3 Å². The third-order valence-corrected chi connectivity index (χ3v) is 4.44. The lowest BCUT2D eigenvalue weighted by Gasteiger charge is -2.25. The number of rotatable bonds is 5. The number of halogens is 4. The SMILES string of the molecule is COc1ccc(Nc2ncc(F)c(Nc3ccc4c(c3)NC(=O)C(F)(F)O4)n2)cc1Cl.